The van der Waals surface area contributed by atoms with Gasteiger partial charge in [0.25, 0.3) is 11.5 Å². The molecule has 0 bridgehead atoms. The Balaban J connectivity index is 2.22. The van der Waals surface area contributed by atoms with Crippen molar-refractivity contribution in [2.45, 2.75) is 19.9 Å². The molecule has 1 amide bonds. The maximum absolute atomic E-state index is 12.6. The molecule has 1 aromatic heterocycles. The third-order valence-electron chi connectivity index (χ3n) is 3.42. The Hall–Kier alpha value is -2.94. The van der Waals surface area contributed by atoms with E-state index in [4.69, 9.17) is 5.26 Å². The van der Waals surface area contributed by atoms with Gasteiger partial charge in [-0.25, -0.2) is 4.68 Å². The van der Waals surface area contributed by atoms with Gasteiger partial charge in [0.05, 0.1) is 11.6 Å². The summed E-state index contributed by atoms with van der Waals surface area (Å²) in [5.41, 5.74) is 1.52. The first-order chi connectivity index (χ1) is 11.0. The van der Waals surface area contributed by atoms with Crippen LogP contribution in [0, 0.1) is 11.3 Å². The SMILES string of the molecule is CCCN(Cc1ccc(C#N)cc1)C(=O)c1ccc(=O)n(C)n1. The summed E-state index contributed by atoms with van der Waals surface area (Å²) in [5.74, 6) is -0.216. The van der Waals surface area contributed by atoms with Crippen molar-refractivity contribution >= 4 is 5.91 Å². The first-order valence-corrected chi connectivity index (χ1v) is 7.38. The molecule has 1 heterocycles. The molecule has 2 aromatic rings. The van der Waals surface area contributed by atoms with E-state index in [9.17, 15) is 9.59 Å². The zero-order chi connectivity index (χ0) is 16.8. The van der Waals surface area contributed by atoms with Crippen LogP contribution in [0.2, 0.25) is 0 Å². The average molecular weight is 310 g/mol. The van der Waals surface area contributed by atoms with Crippen LogP contribution in [0.25, 0.3) is 0 Å². The van der Waals surface area contributed by atoms with Crippen LogP contribution in [0.5, 0.6) is 0 Å². The minimum atomic E-state index is -0.254. The van der Waals surface area contributed by atoms with Gasteiger partial charge in [-0.15, -0.1) is 0 Å². The minimum Gasteiger partial charge on any atom is -0.333 e. The number of hydrogen-bond acceptors (Lipinski definition) is 4. The van der Waals surface area contributed by atoms with E-state index in [1.807, 2.05) is 19.1 Å². The summed E-state index contributed by atoms with van der Waals surface area (Å²) in [6.07, 6.45) is 0.813. The van der Waals surface area contributed by atoms with Crippen LogP contribution >= 0.6 is 0 Å². The number of carbonyl (C=O) groups is 1. The topological polar surface area (TPSA) is 79.0 Å². The Kier molecular flexibility index (Phi) is 5.26. The molecule has 0 aliphatic heterocycles. The highest BCUT2D eigenvalue weighted by molar-refractivity contribution is 5.92. The van der Waals surface area contributed by atoms with Crippen LogP contribution in [-0.4, -0.2) is 27.1 Å². The van der Waals surface area contributed by atoms with E-state index in [2.05, 4.69) is 11.2 Å². The average Bonchev–Trinajstić information content (AvgIpc) is 2.57. The maximum atomic E-state index is 12.6. The van der Waals surface area contributed by atoms with Crippen molar-refractivity contribution in [2.24, 2.45) is 7.05 Å². The van der Waals surface area contributed by atoms with Gasteiger partial charge in [-0.3, -0.25) is 9.59 Å². The molecule has 0 fully saturated rings. The molecule has 23 heavy (non-hydrogen) atoms. The van der Waals surface area contributed by atoms with Crippen LogP contribution in [0.1, 0.15) is 35.0 Å². The third-order valence-corrected chi connectivity index (χ3v) is 3.42. The number of rotatable bonds is 5. The molecule has 118 valence electrons. The highest BCUT2D eigenvalue weighted by atomic mass is 16.2. The molecule has 0 spiro atoms. The summed E-state index contributed by atoms with van der Waals surface area (Å²) in [6, 6.07) is 12.0. The number of carbonyl (C=O) groups excluding carboxylic acids is 1. The second kappa shape index (κ2) is 7.36. The lowest BCUT2D eigenvalue weighted by molar-refractivity contribution is 0.0734. The first kappa shape index (κ1) is 16.4. The van der Waals surface area contributed by atoms with Gasteiger partial charge < -0.3 is 4.90 Å². The Morgan fingerprint density at radius 2 is 1.96 bits per heavy atom. The number of aromatic nitrogens is 2. The molecule has 0 aliphatic carbocycles. The summed E-state index contributed by atoms with van der Waals surface area (Å²) < 4.78 is 1.15. The lowest BCUT2D eigenvalue weighted by Gasteiger charge is -2.22. The maximum Gasteiger partial charge on any atom is 0.274 e. The molecule has 0 atom stereocenters. The van der Waals surface area contributed by atoms with Gasteiger partial charge in [-0.2, -0.15) is 10.4 Å². The normalized spacial score (nSPS) is 10.1. The van der Waals surface area contributed by atoms with Gasteiger partial charge in [0.15, 0.2) is 0 Å². The van der Waals surface area contributed by atoms with E-state index in [-0.39, 0.29) is 17.2 Å². The third kappa shape index (κ3) is 4.04. The molecule has 2 rings (SSSR count). The first-order valence-electron chi connectivity index (χ1n) is 7.38. The molecule has 0 N–H and O–H groups in total. The molecular weight excluding hydrogens is 292 g/mol. The molecular formula is C17H18N4O2. The quantitative estimate of drug-likeness (QED) is 0.842. The lowest BCUT2D eigenvalue weighted by atomic mass is 10.1. The van der Waals surface area contributed by atoms with E-state index < -0.39 is 0 Å². The highest BCUT2D eigenvalue weighted by Gasteiger charge is 2.17. The Morgan fingerprint density at radius 1 is 1.26 bits per heavy atom. The van der Waals surface area contributed by atoms with Crippen molar-refractivity contribution in [1.82, 2.24) is 14.7 Å². The van der Waals surface area contributed by atoms with Crippen LogP contribution in [0.3, 0.4) is 0 Å². The number of nitriles is 1. The lowest BCUT2D eigenvalue weighted by Crippen LogP contribution is -2.33. The van der Waals surface area contributed by atoms with Crippen LogP contribution in [0.15, 0.2) is 41.2 Å². The molecule has 1 aromatic carbocycles. The van der Waals surface area contributed by atoms with Gasteiger partial charge in [-0.05, 0) is 30.2 Å². The van der Waals surface area contributed by atoms with Crippen molar-refractivity contribution in [3.8, 4) is 6.07 Å². The Bertz CT molecular complexity index is 787. The molecule has 0 saturated heterocycles. The molecule has 0 radical (unpaired) electrons. The van der Waals surface area contributed by atoms with Gasteiger partial charge in [-0.1, -0.05) is 19.1 Å². The van der Waals surface area contributed by atoms with Crippen LogP contribution in [0.4, 0.5) is 0 Å². The van der Waals surface area contributed by atoms with Crippen molar-refractivity contribution < 1.29 is 4.79 Å². The summed E-state index contributed by atoms with van der Waals surface area (Å²) in [6.45, 7) is 3.01. The fraction of sp³-hybridized carbons (Fsp3) is 0.294. The van der Waals surface area contributed by atoms with Crippen molar-refractivity contribution in [3.63, 3.8) is 0 Å². The number of nitrogens with zero attached hydrogens (tertiary/aromatic N) is 4. The van der Waals surface area contributed by atoms with E-state index >= 15 is 0 Å². The van der Waals surface area contributed by atoms with Crippen molar-refractivity contribution in [1.29, 1.82) is 5.26 Å². The zero-order valence-electron chi connectivity index (χ0n) is 13.2. The van der Waals surface area contributed by atoms with E-state index in [0.717, 1.165) is 16.7 Å². The fourth-order valence-corrected chi connectivity index (χ4v) is 2.21. The number of aryl methyl sites for hydroxylation is 1. The number of benzene rings is 1. The van der Waals surface area contributed by atoms with Gasteiger partial charge in [0.1, 0.15) is 5.69 Å². The van der Waals surface area contributed by atoms with Gasteiger partial charge in [0, 0.05) is 26.2 Å². The summed E-state index contributed by atoms with van der Waals surface area (Å²) >= 11 is 0. The summed E-state index contributed by atoms with van der Waals surface area (Å²) in [7, 11) is 1.52. The number of hydrogen-bond donors (Lipinski definition) is 0. The van der Waals surface area contributed by atoms with Gasteiger partial charge in [0.2, 0.25) is 0 Å². The second-order valence-electron chi connectivity index (χ2n) is 5.22. The largest absolute Gasteiger partial charge is 0.333 e. The van der Waals surface area contributed by atoms with Crippen LogP contribution in [-0.2, 0) is 13.6 Å². The molecule has 6 heteroatoms. The Morgan fingerprint density at radius 3 is 2.52 bits per heavy atom. The predicted octanol–water partition coefficient (Wildman–Crippen LogP) is 1.70. The standard InChI is InChI=1S/C17H18N4O2/c1-3-10-21(12-14-6-4-13(11-18)5-7-14)17(23)15-8-9-16(22)20(2)19-15/h4-9H,3,10,12H2,1-2H3. The van der Waals surface area contributed by atoms with Crippen molar-refractivity contribution in [3.05, 3.63) is 63.6 Å². The van der Waals surface area contributed by atoms with E-state index in [0.29, 0.717) is 18.7 Å². The Labute approximate surface area is 134 Å². The summed E-state index contributed by atoms with van der Waals surface area (Å²) in [4.78, 5) is 25.7. The summed E-state index contributed by atoms with van der Waals surface area (Å²) in [5, 5.41) is 12.8. The van der Waals surface area contributed by atoms with E-state index in [1.54, 1.807) is 17.0 Å². The highest BCUT2D eigenvalue weighted by Crippen LogP contribution is 2.10. The van der Waals surface area contributed by atoms with Gasteiger partial charge >= 0.3 is 0 Å². The second-order valence-corrected chi connectivity index (χ2v) is 5.22. The van der Waals surface area contributed by atoms with Crippen molar-refractivity contribution in [2.75, 3.05) is 6.54 Å². The van der Waals surface area contributed by atoms with E-state index in [1.165, 1.54) is 19.2 Å². The monoisotopic (exact) mass is 310 g/mol. The zero-order valence-corrected chi connectivity index (χ0v) is 13.2. The van der Waals surface area contributed by atoms with Crippen LogP contribution < -0.4 is 5.56 Å². The molecule has 0 saturated carbocycles. The smallest absolute Gasteiger partial charge is 0.274 e. The number of amides is 1. The predicted molar refractivity (Wildman–Crippen MR) is 85.7 cm³/mol. The fourth-order valence-electron chi connectivity index (χ4n) is 2.21. The molecule has 0 aliphatic rings. The molecule has 6 nitrogen and oxygen atoms in total. The minimum absolute atomic E-state index is 0.216. The molecule has 0 unspecified atom stereocenters.